The van der Waals surface area contributed by atoms with Crippen LogP contribution in [-0.2, 0) is 22.4 Å². The molecule has 1 rings (SSSR count). The molecule has 10 heavy (non-hydrogen) atoms. The monoisotopic (exact) mass is 229 g/mol. The van der Waals surface area contributed by atoms with Gasteiger partial charge in [-0.1, -0.05) is 12.1 Å². The summed E-state index contributed by atoms with van der Waals surface area (Å²) in [4.78, 5) is 0. The Hall–Kier alpha value is -0.440. The molecule has 1 aromatic rings. The SMILES string of the molecule is Cc1cccc(N)c1N.[Ag]. The van der Waals surface area contributed by atoms with E-state index in [4.69, 9.17) is 11.5 Å². The maximum atomic E-state index is 5.56. The first kappa shape index (κ1) is 9.56. The van der Waals surface area contributed by atoms with Crippen molar-refractivity contribution in [2.24, 2.45) is 0 Å². The second kappa shape index (κ2) is 3.66. The molecule has 0 unspecified atom stereocenters. The normalized spacial score (nSPS) is 8.50. The number of rotatable bonds is 0. The molecule has 0 aliphatic carbocycles. The molecule has 0 atom stereocenters. The number of para-hydroxylation sites is 1. The molecule has 0 fully saturated rings. The maximum absolute atomic E-state index is 5.56. The van der Waals surface area contributed by atoms with Crippen molar-refractivity contribution >= 4 is 11.4 Å². The molecular formula is C7H10AgN2. The number of aryl methyl sites for hydroxylation is 1. The molecule has 2 nitrogen and oxygen atoms in total. The first-order chi connectivity index (χ1) is 4.22. The molecule has 0 aliphatic heterocycles. The summed E-state index contributed by atoms with van der Waals surface area (Å²) in [5, 5.41) is 0. The van der Waals surface area contributed by atoms with E-state index in [1.165, 1.54) is 0 Å². The zero-order chi connectivity index (χ0) is 6.85. The van der Waals surface area contributed by atoms with Gasteiger partial charge in [0.15, 0.2) is 0 Å². The van der Waals surface area contributed by atoms with Crippen LogP contribution in [0.3, 0.4) is 0 Å². The number of anilines is 2. The zero-order valence-corrected chi connectivity index (χ0v) is 7.17. The summed E-state index contributed by atoms with van der Waals surface area (Å²) in [6.45, 7) is 1.94. The van der Waals surface area contributed by atoms with E-state index < -0.39 is 0 Å². The van der Waals surface area contributed by atoms with Gasteiger partial charge in [-0.2, -0.15) is 0 Å². The largest absolute Gasteiger partial charge is 0.397 e. The van der Waals surface area contributed by atoms with Gasteiger partial charge in [0, 0.05) is 22.4 Å². The van der Waals surface area contributed by atoms with Crippen molar-refractivity contribution in [3.63, 3.8) is 0 Å². The first-order valence-electron chi connectivity index (χ1n) is 2.82. The van der Waals surface area contributed by atoms with E-state index in [1.807, 2.05) is 19.1 Å². The second-order valence-electron chi connectivity index (χ2n) is 2.08. The van der Waals surface area contributed by atoms with Crippen molar-refractivity contribution in [3.05, 3.63) is 23.8 Å². The van der Waals surface area contributed by atoms with Crippen LogP contribution in [0.25, 0.3) is 0 Å². The Kier molecular flexibility index (Phi) is 3.50. The molecule has 0 amide bonds. The first-order valence-corrected chi connectivity index (χ1v) is 2.82. The fourth-order valence-electron chi connectivity index (χ4n) is 0.703. The molecule has 1 aromatic carbocycles. The minimum absolute atomic E-state index is 0. The number of hydrogen-bond acceptors (Lipinski definition) is 2. The Morgan fingerprint density at radius 3 is 2.20 bits per heavy atom. The van der Waals surface area contributed by atoms with E-state index in [1.54, 1.807) is 6.07 Å². The van der Waals surface area contributed by atoms with Crippen molar-refractivity contribution in [2.75, 3.05) is 11.5 Å². The molecule has 0 spiro atoms. The Morgan fingerprint density at radius 1 is 1.20 bits per heavy atom. The summed E-state index contributed by atoms with van der Waals surface area (Å²) in [5.41, 5.74) is 13.4. The summed E-state index contributed by atoms with van der Waals surface area (Å²) in [6, 6.07) is 5.62. The molecule has 0 bridgehead atoms. The van der Waals surface area contributed by atoms with Gasteiger partial charge in [-0.25, -0.2) is 0 Å². The van der Waals surface area contributed by atoms with Gasteiger partial charge in [0.1, 0.15) is 0 Å². The summed E-state index contributed by atoms with van der Waals surface area (Å²) >= 11 is 0. The van der Waals surface area contributed by atoms with Crippen LogP contribution < -0.4 is 11.5 Å². The summed E-state index contributed by atoms with van der Waals surface area (Å²) in [7, 11) is 0. The summed E-state index contributed by atoms with van der Waals surface area (Å²) in [5.74, 6) is 0. The van der Waals surface area contributed by atoms with Crippen molar-refractivity contribution < 1.29 is 22.4 Å². The molecule has 59 valence electrons. The Balaban J connectivity index is 0.000000810. The molecule has 0 aliphatic rings. The Morgan fingerprint density at radius 2 is 1.80 bits per heavy atom. The van der Waals surface area contributed by atoms with Gasteiger partial charge >= 0.3 is 0 Å². The average Bonchev–Trinajstić information content (AvgIpc) is 1.83. The molecule has 3 heteroatoms. The van der Waals surface area contributed by atoms with Gasteiger partial charge in [0.05, 0.1) is 11.4 Å². The van der Waals surface area contributed by atoms with Gasteiger partial charge in [0.25, 0.3) is 0 Å². The fourth-order valence-corrected chi connectivity index (χ4v) is 0.703. The minimum atomic E-state index is 0. The number of hydrogen-bond donors (Lipinski definition) is 2. The molecule has 0 heterocycles. The predicted octanol–water partition coefficient (Wildman–Crippen LogP) is 1.16. The molecule has 4 N–H and O–H groups in total. The zero-order valence-electron chi connectivity index (χ0n) is 5.69. The topological polar surface area (TPSA) is 52.0 Å². The van der Waals surface area contributed by atoms with Crippen LogP contribution in [0.4, 0.5) is 11.4 Å². The standard InChI is InChI=1S/C7H10N2.Ag/c1-5-3-2-4-6(8)7(5)9;/h2-4H,8-9H2,1H3;. The molecule has 0 saturated heterocycles. The Labute approximate surface area is 76.1 Å². The molecular weight excluding hydrogens is 220 g/mol. The minimum Gasteiger partial charge on any atom is -0.397 e. The smallest absolute Gasteiger partial charge is 0.0577 e. The molecule has 0 saturated carbocycles. The number of benzene rings is 1. The van der Waals surface area contributed by atoms with Gasteiger partial charge in [-0.15, -0.1) is 0 Å². The Bertz CT molecular complexity index is 203. The third kappa shape index (κ3) is 1.77. The third-order valence-electron chi connectivity index (χ3n) is 1.36. The average molecular weight is 230 g/mol. The van der Waals surface area contributed by atoms with Crippen LogP contribution in [-0.4, -0.2) is 0 Å². The van der Waals surface area contributed by atoms with Crippen molar-refractivity contribution in [1.82, 2.24) is 0 Å². The van der Waals surface area contributed by atoms with E-state index in [-0.39, 0.29) is 22.4 Å². The van der Waals surface area contributed by atoms with Crippen molar-refractivity contribution in [2.45, 2.75) is 6.92 Å². The van der Waals surface area contributed by atoms with Crippen LogP contribution in [0, 0.1) is 6.92 Å². The predicted molar refractivity (Wildman–Crippen MR) is 40.0 cm³/mol. The van der Waals surface area contributed by atoms with Crippen molar-refractivity contribution in [3.8, 4) is 0 Å². The van der Waals surface area contributed by atoms with E-state index >= 15 is 0 Å². The number of nitrogen functional groups attached to an aromatic ring is 2. The molecule has 0 aromatic heterocycles. The van der Waals surface area contributed by atoms with E-state index in [0.717, 1.165) is 5.56 Å². The van der Waals surface area contributed by atoms with Gasteiger partial charge in [-0.05, 0) is 18.6 Å². The van der Waals surface area contributed by atoms with Crippen LogP contribution in [0.1, 0.15) is 5.56 Å². The third-order valence-corrected chi connectivity index (χ3v) is 1.36. The van der Waals surface area contributed by atoms with Gasteiger partial charge in [0.2, 0.25) is 0 Å². The van der Waals surface area contributed by atoms with Crippen molar-refractivity contribution in [1.29, 1.82) is 0 Å². The van der Waals surface area contributed by atoms with Crippen LogP contribution >= 0.6 is 0 Å². The summed E-state index contributed by atoms with van der Waals surface area (Å²) < 4.78 is 0. The quantitative estimate of drug-likeness (QED) is 0.519. The van der Waals surface area contributed by atoms with E-state index in [0.29, 0.717) is 11.4 Å². The van der Waals surface area contributed by atoms with E-state index in [2.05, 4.69) is 0 Å². The van der Waals surface area contributed by atoms with Gasteiger partial charge in [-0.3, -0.25) is 0 Å². The maximum Gasteiger partial charge on any atom is 0.0577 e. The summed E-state index contributed by atoms with van der Waals surface area (Å²) in [6.07, 6.45) is 0. The van der Waals surface area contributed by atoms with Gasteiger partial charge < -0.3 is 11.5 Å². The molecule has 1 radical (unpaired) electrons. The van der Waals surface area contributed by atoms with E-state index in [9.17, 15) is 0 Å². The number of nitrogens with two attached hydrogens (primary N) is 2. The van der Waals surface area contributed by atoms with Crippen LogP contribution in [0.5, 0.6) is 0 Å². The fraction of sp³-hybridized carbons (Fsp3) is 0.143. The van der Waals surface area contributed by atoms with Crippen LogP contribution in [0.2, 0.25) is 0 Å². The van der Waals surface area contributed by atoms with Crippen LogP contribution in [0.15, 0.2) is 18.2 Å². The second-order valence-corrected chi connectivity index (χ2v) is 2.08.